The van der Waals surface area contributed by atoms with Crippen LogP contribution in [-0.2, 0) is 6.42 Å². The van der Waals surface area contributed by atoms with E-state index in [1.165, 1.54) is 5.56 Å². The first-order valence-corrected chi connectivity index (χ1v) is 8.37. The third-order valence-corrected chi connectivity index (χ3v) is 4.13. The van der Waals surface area contributed by atoms with Crippen LogP contribution in [0.5, 0.6) is 5.75 Å². The molecular formula is C17H26N4O. The maximum Gasteiger partial charge on any atom is 0.122 e. The summed E-state index contributed by atoms with van der Waals surface area (Å²) >= 11 is 0. The molecule has 0 bridgehead atoms. The Morgan fingerprint density at radius 3 is 3.14 bits per heavy atom. The zero-order chi connectivity index (χ0) is 15.0. The summed E-state index contributed by atoms with van der Waals surface area (Å²) in [6, 6.07) is 8.37. The molecule has 0 aliphatic carbocycles. The maximum absolute atomic E-state index is 6.03. The molecule has 0 spiro atoms. The first-order chi connectivity index (χ1) is 10.9. The molecule has 2 heterocycles. The quantitative estimate of drug-likeness (QED) is 0.751. The fourth-order valence-corrected chi connectivity index (χ4v) is 2.89. The number of nitrogens with zero attached hydrogens (tertiary/aromatic N) is 2. The number of benzene rings is 1. The van der Waals surface area contributed by atoms with Crippen LogP contribution in [-0.4, -0.2) is 50.2 Å². The number of aryl methyl sites for hydroxylation is 1. The molecule has 3 rings (SSSR count). The van der Waals surface area contributed by atoms with Crippen LogP contribution in [0.3, 0.4) is 0 Å². The van der Waals surface area contributed by atoms with Gasteiger partial charge in [-0.25, -0.2) is 5.43 Å². The summed E-state index contributed by atoms with van der Waals surface area (Å²) in [7, 11) is 0. The van der Waals surface area contributed by atoms with Crippen LogP contribution >= 0.6 is 0 Å². The molecule has 22 heavy (non-hydrogen) atoms. The molecule has 0 radical (unpaired) electrons. The molecule has 1 atom stereocenters. The van der Waals surface area contributed by atoms with E-state index in [0.717, 1.165) is 64.2 Å². The van der Waals surface area contributed by atoms with E-state index in [2.05, 4.69) is 38.9 Å². The molecule has 0 amide bonds. The van der Waals surface area contributed by atoms with Crippen molar-refractivity contribution in [2.75, 3.05) is 32.7 Å². The van der Waals surface area contributed by atoms with Crippen LogP contribution < -0.4 is 15.5 Å². The lowest BCUT2D eigenvalue weighted by Gasteiger charge is -2.26. The fourth-order valence-electron chi connectivity index (χ4n) is 2.89. The van der Waals surface area contributed by atoms with E-state index >= 15 is 0 Å². The minimum atomic E-state index is 0.303. The Balaban J connectivity index is 1.26. The summed E-state index contributed by atoms with van der Waals surface area (Å²) in [6.45, 7) is 4.95. The summed E-state index contributed by atoms with van der Waals surface area (Å²) in [4.78, 5) is 4.26. The molecular weight excluding hydrogens is 276 g/mol. The monoisotopic (exact) mass is 302 g/mol. The number of ether oxygens (including phenoxy) is 1. The first kappa shape index (κ1) is 15.3. The van der Waals surface area contributed by atoms with Crippen molar-refractivity contribution in [2.24, 2.45) is 4.99 Å². The highest BCUT2D eigenvalue weighted by Gasteiger charge is 2.18. The predicted molar refractivity (Wildman–Crippen MR) is 89.4 cm³/mol. The van der Waals surface area contributed by atoms with Crippen molar-refractivity contribution in [2.45, 2.75) is 31.8 Å². The predicted octanol–water partition coefficient (Wildman–Crippen LogP) is 1.60. The second-order valence-corrected chi connectivity index (χ2v) is 5.92. The molecule has 0 saturated carbocycles. The molecule has 1 unspecified atom stereocenters. The van der Waals surface area contributed by atoms with Crippen molar-refractivity contribution >= 4 is 6.34 Å². The number of hydrogen-bond donors (Lipinski definition) is 2. The molecule has 1 aromatic carbocycles. The molecule has 0 aromatic heterocycles. The molecule has 5 heteroatoms. The Morgan fingerprint density at radius 1 is 1.27 bits per heavy atom. The van der Waals surface area contributed by atoms with Gasteiger partial charge in [-0.3, -0.25) is 10.0 Å². The third kappa shape index (κ3) is 4.45. The zero-order valence-electron chi connectivity index (χ0n) is 13.1. The van der Waals surface area contributed by atoms with Crippen molar-refractivity contribution in [3.63, 3.8) is 0 Å². The van der Waals surface area contributed by atoms with E-state index in [4.69, 9.17) is 4.74 Å². The Hall–Kier alpha value is -1.59. The number of nitrogens with one attached hydrogen (secondary N) is 2. The van der Waals surface area contributed by atoms with Crippen molar-refractivity contribution < 1.29 is 4.74 Å². The molecule has 2 aliphatic rings. The van der Waals surface area contributed by atoms with Crippen molar-refractivity contribution in [1.29, 1.82) is 0 Å². The molecule has 0 fully saturated rings. The summed E-state index contributed by atoms with van der Waals surface area (Å²) in [6.07, 6.45) is 6.68. The largest absolute Gasteiger partial charge is 0.489 e. The van der Waals surface area contributed by atoms with Crippen LogP contribution in [0, 0.1) is 0 Å². The summed E-state index contributed by atoms with van der Waals surface area (Å²) in [5.41, 5.74) is 4.72. The maximum atomic E-state index is 6.03. The van der Waals surface area contributed by atoms with Crippen molar-refractivity contribution in [3.8, 4) is 5.75 Å². The number of hydrazine groups is 1. The van der Waals surface area contributed by atoms with E-state index < -0.39 is 0 Å². The first-order valence-electron chi connectivity index (χ1n) is 8.37. The summed E-state index contributed by atoms with van der Waals surface area (Å²) in [5.74, 6) is 1.06. The van der Waals surface area contributed by atoms with Gasteiger partial charge in [-0.1, -0.05) is 18.2 Å². The van der Waals surface area contributed by atoms with Gasteiger partial charge in [0.05, 0.1) is 6.34 Å². The smallest absolute Gasteiger partial charge is 0.122 e. The van der Waals surface area contributed by atoms with Gasteiger partial charge in [0, 0.05) is 26.2 Å². The highest BCUT2D eigenvalue weighted by molar-refractivity contribution is 5.54. The van der Waals surface area contributed by atoms with Gasteiger partial charge in [0.15, 0.2) is 0 Å². The molecule has 120 valence electrons. The average molecular weight is 302 g/mol. The highest BCUT2D eigenvalue weighted by atomic mass is 16.5. The number of hydrogen-bond acceptors (Lipinski definition) is 5. The Kier molecular flexibility index (Phi) is 5.67. The van der Waals surface area contributed by atoms with E-state index in [1.807, 2.05) is 12.4 Å². The van der Waals surface area contributed by atoms with E-state index in [-0.39, 0.29) is 0 Å². The van der Waals surface area contributed by atoms with Crippen LogP contribution in [0.2, 0.25) is 0 Å². The second-order valence-electron chi connectivity index (χ2n) is 5.92. The highest BCUT2D eigenvalue weighted by Crippen LogP contribution is 2.26. The van der Waals surface area contributed by atoms with Crippen LogP contribution in [0.25, 0.3) is 0 Å². The van der Waals surface area contributed by atoms with Crippen LogP contribution in [0.1, 0.15) is 24.8 Å². The van der Waals surface area contributed by atoms with Crippen molar-refractivity contribution in [3.05, 3.63) is 29.8 Å². The Labute approximate surface area is 132 Å². The average Bonchev–Trinajstić information content (AvgIpc) is 2.59. The second kappa shape index (κ2) is 8.15. The fraction of sp³-hybridized carbons (Fsp3) is 0.588. The normalized spacial score (nSPS) is 20.5. The topological polar surface area (TPSA) is 48.9 Å². The lowest BCUT2D eigenvalue weighted by atomic mass is 10.0. The molecule has 1 aromatic rings. The number of fused-ring (bicyclic) bond motifs is 1. The van der Waals surface area contributed by atoms with Gasteiger partial charge in [0.2, 0.25) is 0 Å². The third-order valence-electron chi connectivity index (χ3n) is 4.13. The van der Waals surface area contributed by atoms with E-state index in [1.54, 1.807) is 0 Å². The molecule has 0 saturated heterocycles. The van der Waals surface area contributed by atoms with Gasteiger partial charge in [0.1, 0.15) is 11.9 Å². The van der Waals surface area contributed by atoms with Crippen LogP contribution in [0.4, 0.5) is 0 Å². The van der Waals surface area contributed by atoms with Gasteiger partial charge in [0.25, 0.3) is 0 Å². The van der Waals surface area contributed by atoms with Crippen LogP contribution in [0.15, 0.2) is 29.3 Å². The van der Waals surface area contributed by atoms with E-state index in [0.29, 0.717) is 6.10 Å². The lowest BCUT2D eigenvalue weighted by Crippen LogP contribution is -2.41. The van der Waals surface area contributed by atoms with Gasteiger partial charge in [-0.2, -0.15) is 0 Å². The zero-order valence-corrected chi connectivity index (χ0v) is 13.1. The number of rotatable bonds is 7. The molecule has 2 aliphatic heterocycles. The van der Waals surface area contributed by atoms with Gasteiger partial charge < -0.3 is 10.1 Å². The minimum Gasteiger partial charge on any atom is -0.489 e. The number of para-hydroxylation sites is 1. The standard InChI is InChI=1S/C17H26N4O/c1-2-6-17-15(5-1)7-8-16(22-17)13-18-9-3-11-20-21-12-4-10-19-14-21/h1-2,5-6,14,16,18,20H,3-4,7-13H2. The Bertz CT molecular complexity index is 491. The number of aliphatic imine (C=N–C) groups is 1. The van der Waals surface area contributed by atoms with E-state index in [9.17, 15) is 0 Å². The van der Waals surface area contributed by atoms with Crippen molar-refractivity contribution in [1.82, 2.24) is 15.8 Å². The SMILES string of the molecule is C1=NCCCN1NCCCNCC1CCc2ccccc2O1. The minimum absolute atomic E-state index is 0.303. The lowest BCUT2D eigenvalue weighted by molar-refractivity contribution is 0.170. The summed E-state index contributed by atoms with van der Waals surface area (Å²) in [5, 5.41) is 5.59. The van der Waals surface area contributed by atoms with Gasteiger partial charge in [-0.15, -0.1) is 0 Å². The van der Waals surface area contributed by atoms with Gasteiger partial charge in [-0.05, 0) is 43.9 Å². The Morgan fingerprint density at radius 2 is 2.23 bits per heavy atom. The molecule has 2 N–H and O–H groups in total. The summed E-state index contributed by atoms with van der Waals surface area (Å²) < 4.78 is 6.03. The van der Waals surface area contributed by atoms with Gasteiger partial charge >= 0.3 is 0 Å². The molecule has 5 nitrogen and oxygen atoms in total.